The molecule has 4 rings (SSSR count). The summed E-state index contributed by atoms with van der Waals surface area (Å²) < 4.78 is 11.9. The molecule has 2 aromatic carbocycles. The van der Waals surface area contributed by atoms with E-state index in [-0.39, 0.29) is 12.2 Å². The van der Waals surface area contributed by atoms with Crippen molar-refractivity contribution < 1.29 is 14.6 Å². The highest BCUT2D eigenvalue weighted by molar-refractivity contribution is 5.52. The van der Waals surface area contributed by atoms with Crippen molar-refractivity contribution in [3.63, 3.8) is 0 Å². The van der Waals surface area contributed by atoms with E-state index in [0.717, 1.165) is 11.3 Å². The number of benzene rings is 2. The molecule has 28 heavy (non-hydrogen) atoms. The highest BCUT2D eigenvalue weighted by Crippen LogP contribution is 2.35. The number of hydrogen-bond acceptors (Lipinski definition) is 3. The molecule has 0 radical (unpaired) electrons. The molecule has 3 nitrogen and oxygen atoms in total. The second-order valence-electron chi connectivity index (χ2n) is 8.28. The lowest BCUT2D eigenvalue weighted by atomic mass is 9.98. The van der Waals surface area contributed by atoms with Gasteiger partial charge < -0.3 is 14.6 Å². The van der Waals surface area contributed by atoms with E-state index in [4.69, 9.17) is 9.47 Å². The van der Waals surface area contributed by atoms with E-state index in [1.807, 2.05) is 18.2 Å². The number of aliphatic hydroxyl groups excluding tert-OH is 1. The van der Waals surface area contributed by atoms with Crippen LogP contribution in [-0.2, 0) is 4.74 Å². The Morgan fingerprint density at radius 3 is 2.36 bits per heavy atom. The molecule has 3 unspecified atom stereocenters. The number of aryl methyl sites for hydroxylation is 2. The Kier molecular flexibility index (Phi) is 5.84. The van der Waals surface area contributed by atoms with Crippen molar-refractivity contribution in [1.29, 1.82) is 0 Å². The molecule has 148 valence electrons. The number of hydrogen-bond donors (Lipinski definition) is 1. The summed E-state index contributed by atoms with van der Waals surface area (Å²) in [6, 6.07) is 14.9. The Bertz CT molecular complexity index is 798. The van der Waals surface area contributed by atoms with Gasteiger partial charge in [0.2, 0.25) is 0 Å². The Morgan fingerprint density at radius 2 is 1.68 bits per heavy atom. The third-order valence-electron chi connectivity index (χ3n) is 5.86. The molecule has 2 aromatic rings. The molecule has 1 aliphatic heterocycles. The summed E-state index contributed by atoms with van der Waals surface area (Å²) in [6.07, 6.45) is 8.05. The molecule has 0 spiro atoms. The van der Waals surface area contributed by atoms with E-state index in [1.54, 1.807) is 0 Å². The van der Waals surface area contributed by atoms with E-state index < -0.39 is 6.10 Å². The lowest BCUT2D eigenvalue weighted by molar-refractivity contribution is 0.0612. The fourth-order valence-electron chi connectivity index (χ4n) is 4.48. The topological polar surface area (TPSA) is 38.7 Å². The van der Waals surface area contributed by atoms with Crippen LogP contribution in [0.15, 0.2) is 48.5 Å². The standard InChI is InChI=1S/C25H30O3/c1-17-13-18(2)15-19(14-17)7-12-24-25(23(26)16-27-24)28-22-10-8-21(9-11-22)20-5-3-4-6-20/h7-15,20,23-26H,3-6,16H2,1-2H3/b12-7+. The smallest absolute Gasteiger partial charge is 0.156 e. The Labute approximate surface area is 168 Å². The maximum atomic E-state index is 10.3. The molecular weight excluding hydrogens is 348 g/mol. The lowest BCUT2D eigenvalue weighted by Crippen LogP contribution is -2.34. The largest absolute Gasteiger partial charge is 0.485 e. The van der Waals surface area contributed by atoms with Gasteiger partial charge >= 0.3 is 0 Å². The minimum Gasteiger partial charge on any atom is -0.485 e. The molecular formula is C25H30O3. The monoisotopic (exact) mass is 378 g/mol. The van der Waals surface area contributed by atoms with Crippen molar-refractivity contribution >= 4 is 6.08 Å². The first kappa shape index (κ1) is 19.2. The minimum atomic E-state index is -0.622. The molecule has 0 bridgehead atoms. The zero-order valence-electron chi connectivity index (χ0n) is 16.8. The van der Waals surface area contributed by atoms with Crippen LogP contribution in [0.4, 0.5) is 0 Å². The van der Waals surface area contributed by atoms with Gasteiger partial charge in [0.25, 0.3) is 0 Å². The summed E-state index contributed by atoms with van der Waals surface area (Å²) >= 11 is 0. The first-order valence-electron chi connectivity index (χ1n) is 10.4. The summed E-state index contributed by atoms with van der Waals surface area (Å²) in [6.45, 7) is 4.50. The van der Waals surface area contributed by atoms with Gasteiger partial charge in [-0.1, -0.05) is 66.5 Å². The zero-order chi connectivity index (χ0) is 19.5. The lowest BCUT2D eigenvalue weighted by Gasteiger charge is -2.20. The second kappa shape index (κ2) is 8.50. The van der Waals surface area contributed by atoms with Gasteiger partial charge in [-0.2, -0.15) is 0 Å². The highest BCUT2D eigenvalue weighted by Gasteiger charge is 2.36. The number of ether oxygens (including phenoxy) is 2. The van der Waals surface area contributed by atoms with Crippen LogP contribution >= 0.6 is 0 Å². The van der Waals surface area contributed by atoms with Crippen LogP contribution in [0, 0.1) is 13.8 Å². The molecule has 3 heteroatoms. The van der Waals surface area contributed by atoms with E-state index in [0.29, 0.717) is 12.5 Å². The minimum absolute atomic E-state index is 0.259. The van der Waals surface area contributed by atoms with Crippen LogP contribution in [0.3, 0.4) is 0 Å². The normalized spacial score (nSPS) is 25.6. The molecule has 1 saturated carbocycles. The summed E-state index contributed by atoms with van der Waals surface area (Å²) in [7, 11) is 0. The average molecular weight is 379 g/mol. The average Bonchev–Trinajstić information content (AvgIpc) is 3.31. The van der Waals surface area contributed by atoms with Crippen molar-refractivity contribution in [3.8, 4) is 5.75 Å². The van der Waals surface area contributed by atoms with E-state index in [9.17, 15) is 5.11 Å². The molecule has 0 amide bonds. The summed E-state index contributed by atoms with van der Waals surface area (Å²) in [5, 5.41) is 10.3. The fraction of sp³-hybridized carbons (Fsp3) is 0.440. The third kappa shape index (κ3) is 4.48. The van der Waals surface area contributed by atoms with Crippen LogP contribution in [0.1, 0.15) is 53.9 Å². The number of aliphatic hydroxyl groups is 1. The highest BCUT2D eigenvalue weighted by atomic mass is 16.6. The molecule has 2 aliphatic rings. The van der Waals surface area contributed by atoms with E-state index >= 15 is 0 Å². The van der Waals surface area contributed by atoms with E-state index in [2.05, 4.69) is 50.3 Å². The SMILES string of the molecule is Cc1cc(C)cc(/C=C/C2OCC(O)C2Oc2ccc(C3CCCC3)cc2)c1. The predicted molar refractivity (Wildman–Crippen MR) is 113 cm³/mol. The van der Waals surface area contributed by atoms with Crippen molar-refractivity contribution in [2.24, 2.45) is 0 Å². The van der Waals surface area contributed by atoms with Gasteiger partial charge in [-0.25, -0.2) is 0 Å². The molecule has 1 aliphatic carbocycles. The molecule has 3 atom stereocenters. The van der Waals surface area contributed by atoms with Crippen LogP contribution in [0.25, 0.3) is 6.08 Å². The van der Waals surface area contributed by atoms with E-state index in [1.165, 1.54) is 42.4 Å². The van der Waals surface area contributed by atoms with Gasteiger partial charge in [0.15, 0.2) is 6.10 Å². The fourth-order valence-corrected chi connectivity index (χ4v) is 4.48. The third-order valence-corrected chi connectivity index (χ3v) is 5.86. The van der Waals surface area contributed by atoms with Gasteiger partial charge in [-0.05, 0) is 55.9 Å². The predicted octanol–water partition coefficient (Wildman–Crippen LogP) is 5.18. The molecule has 1 N–H and O–H groups in total. The molecule has 0 aromatic heterocycles. The summed E-state index contributed by atoms with van der Waals surface area (Å²) in [4.78, 5) is 0. The van der Waals surface area contributed by atoms with Crippen molar-refractivity contribution in [3.05, 3.63) is 70.8 Å². The van der Waals surface area contributed by atoms with Crippen LogP contribution in [-0.4, -0.2) is 30.0 Å². The molecule has 2 fully saturated rings. The Morgan fingerprint density at radius 1 is 1.00 bits per heavy atom. The second-order valence-corrected chi connectivity index (χ2v) is 8.28. The quantitative estimate of drug-likeness (QED) is 0.779. The Hall–Kier alpha value is -2.10. The number of rotatable bonds is 5. The first-order valence-corrected chi connectivity index (χ1v) is 10.4. The van der Waals surface area contributed by atoms with Crippen molar-refractivity contribution in [2.75, 3.05) is 6.61 Å². The first-order chi connectivity index (χ1) is 13.6. The summed E-state index contributed by atoms with van der Waals surface area (Å²) in [5.41, 5.74) is 5.02. The van der Waals surface area contributed by atoms with Gasteiger partial charge in [0.1, 0.15) is 18.0 Å². The van der Waals surface area contributed by atoms with Gasteiger partial charge in [0, 0.05) is 0 Å². The maximum Gasteiger partial charge on any atom is 0.156 e. The Balaban J connectivity index is 1.44. The maximum absolute atomic E-state index is 10.3. The molecule has 1 heterocycles. The van der Waals surface area contributed by atoms with Gasteiger partial charge in [0.05, 0.1) is 6.61 Å². The van der Waals surface area contributed by atoms with Gasteiger partial charge in [-0.15, -0.1) is 0 Å². The van der Waals surface area contributed by atoms with Crippen LogP contribution in [0.2, 0.25) is 0 Å². The zero-order valence-corrected chi connectivity index (χ0v) is 16.8. The van der Waals surface area contributed by atoms with Crippen molar-refractivity contribution in [2.45, 2.75) is 63.8 Å². The summed E-state index contributed by atoms with van der Waals surface area (Å²) in [5.74, 6) is 1.49. The van der Waals surface area contributed by atoms with Gasteiger partial charge in [-0.3, -0.25) is 0 Å². The van der Waals surface area contributed by atoms with Crippen molar-refractivity contribution in [1.82, 2.24) is 0 Å². The van der Waals surface area contributed by atoms with Crippen LogP contribution < -0.4 is 4.74 Å². The van der Waals surface area contributed by atoms with Crippen LogP contribution in [0.5, 0.6) is 5.75 Å². The molecule has 1 saturated heterocycles.